The number of hydrogen-bond acceptors (Lipinski definition) is 5. The number of rotatable bonds is 7. The topological polar surface area (TPSA) is 73.1 Å². The SMILES string of the molecule is COc1cccc(CN(C(=O)CCn2cnnn2)C2CC2)c1. The van der Waals surface area contributed by atoms with E-state index in [0.717, 1.165) is 24.2 Å². The minimum Gasteiger partial charge on any atom is -0.497 e. The molecule has 0 unspecified atom stereocenters. The van der Waals surface area contributed by atoms with Gasteiger partial charge in [0.05, 0.1) is 13.7 Å². The summed E-state index contributed by atoms with van der Waals surface area (Å²) >= 11 is 0. The molecule has 0 N–H and O–H groups in total. The van der Waals surface area contributed by atoms with Gasteiger partial charge in [-0.15, -0.1) is 5.10 Å². The molecule has 1 heterocycles. The van der Waals surface area contributed by atoms with Crippen molar-refractivity contribution in [2.75, 3.05) is 7.11 Å². The molecule has 0 bridgehead atoms. The van der Waals surface area contributed by atoms with Gasteiger partial charge in [0.25, 0.3) is 0 Å². The van der Waals surface area contributed by atoms with Crippen LogP contribution in [0.15, 0.2) is 30.6 Å². The van der Waals surface area contributed by atoms with Crippen molar-refractivity contribution < 1.29 is 9.53 Å². The fraction of sp³-hybridized carbons (Fsp3) is 0.467. The van der Waals surface area contributed by atoms with E-state index in [1.807, 2.05) is 29.2 Å². The van der Waals surface area contributed by atoms with Crippen LogP contribution in [-0.2, 0) is 17.9 Å². The van der Waals surface area contributed by atoms with Crippen LogP contribution >= 0.6 is 0 Å². The number of carbonyl (C=O) groups excluding carboxylic acids is 1. The van der Waals surface area contributed by atoms with E-state index < -0.39 is 0 Å². The summed E-state index contributed by atoms with van der Waals surface area (Å²) in [6.07, 6.45) is 4.10. The molecule has 22 heavy (non-hydrogen) atoms. The van der Waals surface area contributed by atoms with Crippen LogP contribution in [-0.4, -0.2) is 44.2 Å². The van der Waals surface area contributed by atoms with E-state index in [1.165, 1.54) is 6.33 Å². The first-order chi connectivity index (χ1) is 10.8. The molecule has 0 radical (unpaired) electrons. The molecule has 0 saturated heterocycles. The summed E-state index contributed by atoms with van der Waals surface area (Å²) in [6, 6.07) is 8.22. The summed E-state index contributed by atoms with van der Waals surface area (Å²) in [5.74, 6) is 0.954. The Hall–Kier alpha value is -2.44. The molecule has 1 aliphatic rings. The number of tetrazole rings is 1. The number of methoxy groups -OCH3 is 1. The number of carbonyl (C=O) groups is 1. The van der Waals surface area contributed by atoms with E-state index in [1.54, 1.807) is 11.8 Å². The largest absolute Gasteiger partial charge is 0.497 e. The normalized spacial score (nSPS) is 13.9. The lowest BCUT2D eigenvalue weighted by Gasteiger charge is -2.22. The Bertz CT molecular complexity index is 625. The molecule has 1 aromatic carbocycles. The predicted molar refractivity (Wildman–Crippen MR) is 79.0 cm³/mol. The van der Waals surface area contributed by atoms with Gasteiger partial charge in [0.15, 0.2) is 0 Å². The van der Waals surface area contributed by atoms with Crippen LogP contribution in [0.1, 0.15) is 24.8 Å². The Labute approximate surface area is 128 Å². The van der Waals surface area contributed by atoms with Crippen molar-refractivity contribution in [1.29, 1.82) is 0 Å². The lowest BCUT2D eigenvalue weighted by atomic mass is 10.2. The Balaban J connectivity index is 1.63. The minimum atomic E-state index is 0.140. The van der Waals surface area contributed by atoms with E-state index in [9.17, 15) is 4.79 Å². The Morgan fingerprint density at radius 3 is 3.00 bits per heavy atom. The van der Waals surface area contributed by atoms with Crippen molar-refractivity contribution in [3.05, 3.63) is 36.2 Å². The lowest BCUT2D eigenvalue weighted by molar-refractivity contribution is -0.132. The number of aromatic nitrogens is 4. The monoisotopic (exact) mass is 301 g/mol. The van der Waals surface area contributed by atoms with Gasteiger partial charge in [-0.05, 0) is 41.0 Å². The van der Waals surface area contributed by atoms with Gasteiger partial charge in [-0.2, -0.15) is 0 Å². The van der Waals surface area contributed by atoms with Crippen LogP contribution in [0.5, 0.6) is 5.75 Å². The van der Waals surface area contributed by atoms with E-state index >= 15 is 0 Å². The molecule has 7 heteroatoms. The number of nitrogens with zero attached hydrogens (tertiary/aromatic N) is 5. The summed E-state index contributed by atoms with van der Waals surface area (Å²) in [7, 11) is 1.65. The lowest BCUT2D eigenvalue weighted by Crippen LogP contribution is -2.33. The van der Waals surface area contributed by atoms with E-state index in [-0.39, 0.29) is 5.91 Å². The van der Waals surface area contributed by atoms with Crippen LogP contribution < -0.4 is 4.74 Å². The standard InChI is InChI=1S/C15H19N5O2/c1-22-14-4-2-3-12(9-14)10-20(13-5-6-13)15(21)7-8-19-11-16-17-18-19/h2-4,9,11,13H,5-8,10H2,1H3. The molecule has 1 amide bonds. The molecule has 1 saturated carbocycles. The summed E-state index contributed by atoms with van der Waals surface area (Å²) < 4.78 is 6.82. The number of benzene rings is 1. The zero-order chi connectivity index (χ0) is 15.4. The summed E-state index contributed by atoms with van der Waals surface area (Å²) in [6.45, 7) is 1.13. The van der Waals surface area contributed by atoms with E-state index in [2.05, 4.69) is 15.5 Å². The highest BCUT2D eigenvalue weighted by atomic mass is 16.5. The molecule has 0 spiro atoms. The van der Waals surface area contributed by atoms with Crippen LogP contribution in [0, 0.1) is 0 Å². The summed E-state index contributed by atoms with van der Waals surface area (Å²) in [5, 5.41) is 10.9. The van der Waals surface area contributed by atoms with Crippen molar-refractivity contribution in [2.45, 2.75) is 38.4 Å². The van der Waals surface area contributed by atoms with Crippen LogP contribution in [0.3, 0.4) is 0 Å². The zero-order valence-electron chi connectivity index (χ0n) is 12.6. The molecular formula is C15H19N5O2. The van der Waals surface area contributed by atoms with Gasteiger partial charge < -0.3 is 9.64 Å². The van der Waals surface area contributed by atoms with Crippen LogP contribution in [0.2, 0.25) is 0 Å². The average molecular weight is 301 g/mol. The molecule has 2 aromatic rings. The third kappa shape index (κ3) is 3.60. The maximum atomic E-state index is 12.5. The number of hydrogen-bond donors (Lipinski definition) is 0. The van der Waals surface area contributed by atoms with Gasteiger partial charge in [0, 0.05) is 19.0 Å². The molecule has 1 aliphatic carbocycles. The second-order valence-corrected chi connectivity index (χ2v) is 5.43. The Morgan fingerprint density at radius 2 is 2.32 bits per heavy atom. The fourth-order valence-corrected chi connectivity index (χ4v) is 2.41. The summed E-state index contributed by atoms with van der Waals surface area (Å²) in [5.41, 5.74) is 1.09. The van der Waals surface area contributed by atoms with Crippen LogP contribution in [0.4, 0.5) is 0 Å². The van der Waals surface area contributed by atoms with Gasteiger partial charge in [-0.25, -0.2) is 4.68 Å². The first-order valence-electron chi connectivity index (χ1n) is 7.39. The van der Waals surface area contributed by atoms with Crippen molar-refractivity contribution in [1.82, 2.24) is 25.1 Å². The van der Waals surface area contributed by atoms with Crippen molar-refractivity contribution in [3.63, 3.8) is 0 Å². The first kappa shape index (κ1) is 14.5. The first-order valence-corrected chi connectivity index (χ1v) is 7.39. The highest BCUT2D eigenvalue weighted by Crippen LogP contribution is 2.29. The second-order valence-electron chi connectivity index (χ2n) is 5.43. The molecule has 0 aliphatic heterocycles. The third-order valence-corrected chi connectivity index (χ3v) is 3.74. The fourth-order valence-electron chi connectivity index (χ4n) is 2.41. The molecule has 1 aromatic heterocycles. The van der Waals surface area contributed by atoms with Gasteiger partial charge in [-0.1, -0.05) is 12.1 Å². The average Bonchev–Trinajstić information content (AvgIpc) is 3.25. The van der Waals surface area contributed by atoms with E-state index in [0.29, 0.717) is 25.6 Å². The minimum absolute atomic E-state index is 0.140. The van der Waals surface area contributed by atoms with Gasteiger partial charge in [-0.3, -0.25) is 4.79 Å². The molecule has 1 fully saturated rings. The molecule has 116 valence electrons. The molecule has 0 atom stereocenters. The third-order valence-electron chi connectivity index (χ3n) is 3.74. The Morgan fingerprint density at radius 1 is 1.45 bits per heavy atom. The van der Waals surface area contributed by atoms with Gasteiger partial charge in [0.2, 0.25) is 5.91 Å². The maximum Gasteiger partial charge on any atom is 0.224 e. The molecule has 3 rings (SSSR count). The van der Waals surface area contributed by atoms with Crippen molar-refractivity contribution in [3.8, 4) is 5.75 Å². The highest BCUT2D eigenvalue weighted by Gasteiger charge is 2.32. The zero-order valence-corrected chi connectivity index (χ0v) is 12.6. The maximum absolute atomic E-state index is 12.5. The van der Waals surface area contributed by atoms with Crippen molar-refractivity contribution in [2.24, 2.45) is 0 Å². The highest BCUT2D eigenvalue weighted by molar-refractivity contribution is 5.76. The van der Waals surface area contributed by atoms with Gasteiger partial charge >= 0.3 is 0 Å². The van der Waals surface area contributed by atoms with E-state index in [4.69, 9.17) is 4.74 Å². The number of amides is 1. The van der Waals surface area contributed by atoms with Crippen LogP contribution in [0.25, 0.3) is 0 Å². The molecular weight excluding hydrogens is 282 g/mol. The number of ether oxygens (including phenoxy) is 1. The quantitative estimate of drug-likeness (QED) is 0.770. The smallest absolute Gasteiger partial charge is 0.224 e. The summed E-state index contributed by atoms with van der Waals surface area (Å²) in [4.78, 5) is 14.4. The van der Waals surface area contributed by atoms with Gasteiger partial charge in [0.1, 0.15) is 12.1 Å². The second kappa shape index (κ2) is 6.55. The Kier molecular flexibility index (Phi) is 4.32. The van der Waals surface area contributed by atoms with Crippen molar-refractivity contribution >= 4 is 5.91 Å². The predicted octanol–water partition coefficient (Wildman–Crippen LogP) is 1.26. The number of aryl methyl sites for hydroxylation is 1. The molecule has 7 nitrogen and oxygen atoms in total.